The van der Waals surface area contributed by atoms with Crippen LogP contribution in [-0.4, -0.2) is 24.9 Å². The molecule has 0 aliphatic heterocycles. The van der Waals surface area contributed by atoms with Crippen molar-refractivity contribution in [1.82, 2.24) is 5.32 Å². The molecule has 0 unspecified atom stereocenters. The second-order valence-electron chi connectivity index (χ2n) is 6.69. The Morgan fingerprint density at radius 2 is 1.45 bits per heavy atom. The number of amides is 2. The van der Waals surface area contributed by atoms with Crippen molar-refractivity contribution in [2.24, 2.45) is 0 Å². The summed E-state index contributed by atoms with van der Waals surface area (Å²) in [7, 11) is 1.55. The largest absolute Gasteiger partial charge is 0.497 e. The molecule has 0 aliphatic carbocycles. The number of carbonyl (C=O) groups excluding carboxylic acids is 3. The van der Waals surface area contributed by atoms with E-state index < -0.39 is 5.97 Å². The Morgan fingerprint density at radius 3 is 2.16 bits per heavy atom. The zero-order valence-corrected chi connectivity index (χ0v) is 17.2. The predicted molar refractivity (Wildman–Crippen MR) is 116 cm³/mol. The van der Waals surface area contributed by atoms with E-state index in [4.69, 9.17) is 9.47 Å². The summed E-state index contributed by atoms with van der Waals surface area (Å²) in [4.78, 5) is 36.0. The molecular weight excluding hydrogens is 396 g/mol. The van der Waals surface area contributed by atoms with Gasteiger partial charge in [0.15, 0.2) is 0 Å². The van der Waals surface area contributed by atoms with Crippen molar-refractivity contribution in [1.29, 1.82) is 0 Å². The van der Waals surface area contributed by atoms with Gasteiger partial charge in [0.2, 0.25) is 0 Å². The maximum atomic E-state index is 12.5. The van der Waals surface area contributed by atoms with Crippen LogP contribution in [-0.2, 0) is 11.3 Å². The molecule has 0 aliphatic rings. The first-order chi connectivity index (χ1) is 14.9. The fourth-order valence-corrected chi connectivity index (χ4v) is 2.88. The Balaban J connectivity index is 1.63. The maximum absolute atomic E-state index is 12.5. The number of benzene rings is 3. The molecule has 0 fully saturated rings. The summed E-state index contributed by atoms with van der Waals surface area (Å²) in [6.07, 6.45) is 0. The van der Waals surface area contributed by atoms with Gasteiger partial charge in [-0.3, -0.25) is 14.4 Å². The van der Waals surface area contributed by atoms with Gasteiger partial charge >= 0.3 is 5.97 Å². The topological polar surface area (TPSA) is 93.7 Å². The highest BCUT2D eigenvalue weighted by atomic mass is 16.5. The van der Waals surface area contributed by atoms with Gasteiger partial charge in [-0.05, 0) is 54.1 Å². The number of nitrogens with one attached hydrogen (secondary N) is 2. The third-order valence-corrected chi connectivity index (χ3v) is 4.33. The minimum absolute atomic E-state index is 0.226. The van der Waals surface area contributed by atoms with Gasteiger partial charge in [-0.15, -0.1) is 0 Å². The number of rotatable bonds is 7. The summed E-state index contributed by atoms with van der Waals surface area (Å²) in [6, 6.07) is 20.4. The number of anilines is 1. The first-order valence-electron chi connectivity index (χ1n) is 9.55. The molecule has 158 valence electrons. The normalized spacial score (nSPS) is 10.1. The average molecular weight is 418 g/mol. The maximum Gasteiger partial charge on any atom is 0.308 e. The molecule has 31 heavy (non-hydrogen) atoms. The van der Waals surface area contributed by atoms with Crippen LogP contribution >= 0.6 is 0 Å². The van der Waals surface area contributed by atoms with Gasteiger partial charge in [-0.25, -0.2) is 0 Å². The molecule has 2 amide bonds. The van der Waals surface area contributed by atoms with E-state index in [0.717, 1.165) is 5.56 Å². The SMILES string of the molecule is COc1cccc(C(=O)NCc2cccc(NC(=O)c3cccc(OC(C)=O)c3)c2)c1. The monoisotopic (exact) mass is 418 g/mol. The summed E-state index contributed by atoms with van der Waals surface area (Å²) < 4.78 is 10.2. The minimum Gasteiger partial charge on any atom is -0.497 e. The first kappa shape index (κ1) is 21.6. The quantitative estimate of drug-likeness (QED) is 0.450. The Labute approximate surface area is 180 Å². The standard InChI is InChI=1S/C24H22N2O5/c1-16(27)31-22-11-5-8-19(14-22)24(29)26-20-9-3-6-17(12-20)15-25-23(28)18-7-4-10-21(13-18)30-2/h3-14H,15H2,1-2H3,(H,25,28)(H,26,29). The summed E-state index contributed by atoms with van der Waals surface area (Å²) in [5.41, 5.74) is 2.26. The lowest BCUT2D eigenvalue weighted by molar-refractivity contribution is -0.131. The second kappa shape index (κ2) is 10.1. The van der Waals surface area contributed by atoms with Crippen molar-refractivity contribution in [3.05, 3.63) is 89.5 Å². The molecule has 0 radical (unpaired) electrons. The van der Waals surface area contributed by atoms with Gasteiger partial charge in [0.05, 0.1) is 7.11 Å². The lowest BCUT2D eigenvalue weighted by Gasteiger charge is -2.10. The van der Waals surface area contributed by atoms with Crippen LogP contribution in [0, 0.1) is 0 Å². The van der Waals surface area contributed by atoms with Crippen LogP contribution in [0.5, 0.6) is 11.5 Å². The fourth-order valence-electron chi connectivity index (χ4n) is 2.88. The second-order valence-corrected chi connectivity index (χ2v) is 6.69. The van der Waals surface area contributed by atoms with Crippen molar-refractivity contribution in [2.75, 3.05) is 12.4 Å². The molecule has 0 heterocycles. The molecule has 3 aromatic carbocycles. The van der Waals surface area contributed by atoms with Crippen LogP contribution < -0.4 is 20.1 Å². The number of hydrogen-bond acceptors (Lipinski definition) is 5. The number of methoxy groups -OCH3 is 1. The van der Waals surface area contributed by atoms with Gasteiger partial charge in [0.25, 0.3) is 11.8 Å². The summed E-state index contributed by atoms with van der Waals surface area (Å²) >= 11 is 0. The van der Waals surface area contributed by atoms with Gasteiger partial charge in [0, 0.05) is 30.3 Å². The van der Waals surface area contributed by atoms with Crippen LogP contribution in [0.25, 0.3) is 0 Å². The van der Waals surface area contributed by atoms with E-state index in [-0.39, 0.29) is 11.8 Å². The van der Waals surface area contributed by atoms with E-state index in [9.17, 15) is 14.4 Å². The van der Waals surface area contributed by atoms with Crippen molar-refractivity contribution < 1.29 is 23.9 Å². The van der Waals surface area contributed by atoms with Gasteiger partial charge < -0.3 is 20.1 Å². The smallest absolute Gasteiger partial charge is 0.308 e. The third kappa shape index (κ3) is 6.17. The number of carbonyl (C=O) groups is 3. The minimum atomic E-state index is -0.457. The van der Waals surface area contributed by atoms with Crippen molar-refractivity contribution in [3.63, 3.8) is 0 Å². The molecule has 0 bridgehead atoms. The summed E-state index contributed by atoms with van der Waals surface area (Å²) in [6.45, 7) is 1.59. The van der Waals surface area contributed by atoms with E-state index >= 15 is 0 Å². The highest BCUT2D eigenvalue weighted by Crippen LogP contribution is 2.17. The zero-order valence-electron chi connectivity index (χ0n) is 17.2. The van der Waals surface area contributed by atoms with E-state index in [1.807, 2.05) is 6.07 Å². The Hall–Kier alpha value is -4.13. The molecule has 2 N–H and O–H groups in total. The molecule has 0 spiro atoms. The lowest BCUT2D eigenvalue weighted by atomic mass is 10.1. The Kier molecular flexibility index (Phi) is 7.01. The molecule has 0 saturated heterocycles. The highest BCUT2D eigenvalue weighted by Gasteiger charge is 2.10. The predicted octanol–water partition coefficient (Wildman–Crippen LogP) is 3.80. The number of esters is 1. The Bertz CT molecular complexity index is 1110. The third-order valence-electron chi connectivity index (χ3n) is 4.33. The van der Waals surface area contributed by atoms with Crippen molar-refractivity contribution >= 4 is 23.5 Å². The van der Waals surface area contributed by atoms with Gasteiger partial charge in [0.1, 0.15) is 11.5 Å². The lowest BCUT2D eigenvalue weighted by Crippen LogP contribution is -2.22. The van der Waals surface area contributed by atoms with Crippen LogP contribution in [0.3, 0.4) is 0 Å². The van der Waals surface area contributed by atoms with E-state index in [0.29, 0.717) is 34.9 Å². The molecule has 0 atom stereocenters. The molecular formula is C24H22N2O5. The van der Waals surface area contributed by atoms with E-state index in [1.54, 1.807) is 67.8 Å². The average Bonchev–Trinajstić information content (AvgIpc) is 2.77. The zero-order chi connectivity index (χ0) is 22.2. The first-order valence-corrected chi connectivity index (χ1v) is 9.55. The molecule has 7 heteroatoms. The van der Waals surface area contributed by atoms with Crippen molar-refractivity contribution in [2.45, 2.75) is 13.5 Å². The number of ether oxygens (including phenoxy) is 2. The Morgan fingerprint density at radius 1 is 0.806 bits per heavy atom. The molecule has 0 aromatic heterocycles. The van der Waals surface area contributed by atoms with E-state index in [1.165, 1.54) is 13.0 Å². The molecule has 3 rings (SSSR count). The fraction of sp³-hybridized carbons (Fsp3) is 0.125. The molecule has 3 aromatic rings. The van der Waals surface area contributed by atoms with Crippen molar-refractivity contribution in [3.8, 4) is 11.5 Å². The molecule has 7 nitrogen and oxygen atoms in total. The van der Waals surface area contributed by atoms with Gasteiger partial charge in [-0.1, -0.05) is 24.3 Å². The van der Waals surface area contributed by atoms with Crippen LogP contribution in [0.2, 0.25) is 0 Å². The molecule has 0 saturated carbocycles. The van der Waals surface area contributed by atoms with E-state index in [2.05, 4.69) is 10.6 Å². The van der Waals surface area contributed by atoms with Crippen LogP contribution in [0.1, 0.15) is 33.2 Å². The highest BCUT2D eigenvalue weighted by molar-refractivity contribution is 6.04. The number of hydrogen-bond donors (Lipinski definition) is 2. The van der Waals surface area contributed by atoms with Gasteiger partial charge in [-0.2, -0.15) is 0 Å². The van der Waals surface area contributed by atoms with Crippen LogP contribution in [0.15, 0.2) is 72.8 Å². The van der Waals surface area contributed by atoms with Crippen LogP contribution in [0.4, 0.5) is 5.69 Å². The summed E-state index contributed by atoms with van der Waals surface area (Å²) in [5.74, 6) is -0.118. The summed E-state index contributed by atoms with van der Waals surface area (Å²) in [5, 5.41) is 5.65.